The Morgan fingerprint density at radius 1 is 1.09 bits per heavy atom. The molecule has 0 saturated heterocycles. The number of hydrogen-bond acceptors (Lipinski definition) is 3. The van der Waals surface area contributed by atoms with Crippen LogP contribution in [-0.4, -0.2) is 20.0 Å². The van der Waals surface area contributed by atoms with Gasteiger partial charge in [-0.3, -0.25) is 4.79 Å². The lowest BCUT2D eigenvalue weighted by atomic mass is 9.86. The number of halogens is 1. The van der Waals surface area contributed by atoms with E-state index in [9.17, 15) is 4.79 Å². The van der Waals surface area contributed by atoms with E-state index < -0.39 is 0 Å². The molecule has 0 atom stereocenters. The number of allylic oxidation sites excluding steroid dienone is 1. The highest BCUT2D eigenvalue weighted by Gasteiger charge is 2.22. The Bertz CT molecular complexity index is 793. The largest absolute Gasteiger partial charge is 0.497 e. The summed E-state index contributed by atoms with van der Waals surface area (Å²) in [6.07, 6.45) is 3.39. The second kappa shape index (κ2) is 6.47. The predicted molar refractivity (Wildman–Crippen MR) is 91.6 cm³/mol. The molecular formula is C19H17ClO3. The van der Waals surface area contributed by atoms with Crippen LogP contribution < -0.4 is 9.47 Å². The number of fused-ring (bicyclic) bond motifs is 1. The smallest absolute Gasteiger partial charge is 0.189 e. The fraction of sp³-hybridized carbons (Fsp3) is 0.211. The van der Waals surface area contributed by atoms with Gasteiger partial charge in [-0.25, -0.2) is 0 Å². The van der Waals surface area contributed by atoms with Crippen LogP contribution in [0.4, 0.5) is 0 Å². The van der Waals surface area contributed by atoms with Crippen molar-refractivity contribution >= 4 is 23.5 Å². The van der Waals surface area contributed by atoms with Gasteiger partial charge in [0.1, 0.15) is 11.5 Å². The van der Waals surface area contributed by atoms with Gasteiger partial charge < -0.3 is 9.47 Å². The van der Waals surface area contributed by atoms with Gasteiger partial charge in [0.05, 0.1) is 19.2 Å². The number of hydrogen-bond donors (Lipinski definition) is 0. The lowest BCUT2D eigenvalue weighted by molar-refractivity contribution is 0.102. The Morgan fingerprint density at radius 2 is 1.91 bits per heavy atom. The molecule has 23 heavy (non-hydrogen) atoms. The maximum absolute atomic E-state index is 12.8. The SMILES string of the molecule is COc1ccc2c(c1)C(=O)C(=Cc1cccc(OC)c1Cl)CC2. The van der Waals surface area contributed by atoms with Crippen LogP contribution in [0.25, 0.3) is 6.08 Å². The number of carbonyl (C=O) groups excluding carboxylic acids is 1. The fourth-order valence-electron chi connectivity index (χ4n) is 2.79. The number of benzene rings is 2. The first-order chi connectivity index (χ1) is 11.1. The lowest BCUT2D eigenvalue weighted by Gasteiger charge is -2.18. The Hall–Kier alpha value is -2.26. The maximum atomic E-state index is 12.8. The van der Waals surface area contributed by atoms with Crippen LogP contribution in [0.2, 0.25) is 5.02 Å². The molecule has 3 nitrogen and oxygen atoms in total. The van der Waals surface area contributed by atoms with Gasteiger partial charge in [-0.1, -0.05) is 29.8 Å². The molecule has 0 bridgehead atoms. The zero-order valence-corrected chi connectivity index (χ0v) is 13.8. The van der Waals surface area contributed by atoms with Gasteiger partial charge in [0.15, 0.2) is 5.78 Å². The molecule has 0 amide bonds. The van der Waals surface area contributed by atoms with E-state index in [1.165, 1.54) is 0 Å². The summed E-state index contributed by atoms with van der Waals surface area (Å²) in [7, 11) is 3.17. The highest BCUT2D eigenvalue weighted by atomic mass is 35.5. The predicted octanol–water partition coefficient (Wildman–Crippen LogP) is 4.57. The van der Waals surface area contributed by atoms with Gasteiger partial charge in [-0.15, -0.1) is 0 Å². The molecule has 0 spiro atoms. The first-order valence-corrected chi connectivity index (χ1v) is 7.76. The van der Waals surface area contributed by atoms with Crippen molar-refractivity contribution < 1.29 is 14.3 Å². The second-order valence-corrected chi connectivity index (χ2v) is 5.76. The van der Waals surface area contributed by atoms with Gasteiger partial charge in [-0.05, 0) is 48.2 Å². The number of aryl methyl sites for hydroxylation is 1. The summed E-state index contributed by atoms with van der Waals surface area (Å²) in [5.74, 6) is 1.33. The molecule has 118 valence electrons. The first kappa shape index (κ1) is 15.6. The Morgan fingerprint density at radius 3 is 2.65 bits per heavy atom. The minimum Gasteiger partial charge on any atom is -0.497 e. The van der Waals surface area contributed by atoms with Crippen LogP contribution in [-0.2, 0) is 6.42 Å². The molecule has 0 fully saturated rings. The van der Waals surface area contributed by atoms with Gasteiger partial charge in [0.25, 0.3) is 0 Å². The fourth-order valence-corrected chi connectivity index (χ4v) is 3.05. The molecule has 3 rings (SSSR count). The number of carbonyl (C=O) groups is 1. The molecule has 0 aromatic heterocycles. The molecule has 0 saturated carbocycles. The molecule has 1 aliphatic rings. The maximum Gasteiger partial charge on any atom is 0.189 e. The highest BCUT2D eigenvalue weighted by Crippen LogP contribution is 2.33. The van der Waals surface area contributed by atoms with Crippen LogP contribution >= 0.6 is 11.6 Å². The van der Waals surface area contributed by atoms with Crippen molar-refractivity contribution in [2.24, 2.45) is 0 Å². The quantitative estimate of drug-likeness (QED) is 0.774. The number of Topliss-reactive ketones (excluding diaryl/α,β-unsaturated/α-hetero) is 1. The number of methoxy groups -OCH3 is 2. The van der Waals surface area contributed by atoms with Gasteiger partial charge in [-0.2, -0.15) is 0 Å². The van der Waals surface area contributed by atoms with Crippen LogP contribution in [0.3, 0.4) is 0 Å². The molecule has 2 aromatic carbocycles. The van der Waals surface area contributed by atoms with E-state index in [0.29, 0.717) is 28.5 Å². The minimum atomic E-state index is 0.0315. The molecule has 4 heteroatoms. The van der Waals surface area contributed by atoms with E-state index in [1.54, 1.807) is 26.4 Å². The first-order valence-electron chi connectivity index (χ1n) is 7.38. The van der Waals surface area contributed by atoms with E-state index in [2.05, 4.69) is 0 Å². The van der Waals surface area contributed by atoms with E-state index in [1.807, 2.05) is 30.3 Å². The monoisotopic (exact) mass is 328 g/mol. The molecule has 0 heterocycles. The van der Waals surface area contributed by atoms with Crippen molar-refractivity contribution in [1.82, 2.24) is 0 Å². The van der Waals surface area contributed by atoms with E-state index >= 15 is 0 Å². The molecule has 2 aromatic rings. The van der Waals surface area contributed by atoms with Gasteiger partial charge >= 0.3 is 0 Å². The Balaban J connectivity index is 2.00. The van der Waals surface area contributed by atoms with Crippen molar-refractivity contribution in [2.75, 3.05) is 14.2 Å². The summed E-state index contributed by atoms with van der Waals surface area (Å²) < 4.78 is 10.4. The topological polar surface area (TPSA) is 35.5 Å². The Labute approximate surface area is 140 Å². The van der Waals surface area contributed by atoms with Crippen LogP contribution in [0.1, 0.15) is 27.9 Å². The summed E-state index contributed by atoms with van der Waals surface area (Å²) in [5.41, 5.74) is 3.31. The Kier molecular flexibility index (Phi) is 4.39. The van der Waals surface area contributed by atoms with Crippen LogP contribution in [0, 0.1) is 0 Å². The molecule has 0 radical (unpaired) electrons. The molecule has 0 aliphatic heterocycles. The molecule has 0 unspecified atom stereocenters. The van der Waals surface area contributed by atoms with Crippen LogP contribution in [0.5, 0.6) is 11.5 Å². The highest BCUT2D eigenvalue weighted by molar-refractivity contribution is 6.33. The number of rotatable bonds is 3. The van der Waals surface area contributed by atoms with Gasteiger partial charge in [0.2, 0.25) is 0 Å². The summed E-state index contributed by atoms with van der Waals surface area (Å²) >= 11 is 6.32. The van der Waals surface area contributed by atoms with Crippen molar-refractivity contribution in [3.63, 3.8) is 0 Å². The van der Waals surface area contributed by atoms with Crippen molar-refractivity contribution in [3.05, 3.63) is 63.7 Å². The summed E-state index contributed by atoms with van der Waals surface area (Å²) in [6, 6.07) is 11.2. The van der Waals surface area contributed by atoms with Crippen molar-refractivity contribution in [3.8, 4) is 11.5 Å². The van der Waals surface area contributed by atoms with Crippen molar-refractivity contribution in [2.45, 2.75) is 12.8 Å². The second-order valence-electron chi connectivity index (χ2n) is 5.39. The average Bonchev–Trinajstić information content (AvgIpc) is 2.58. The standard InChI is InChI=1S/C19H17ClO3/c1-22-15-9-8-12-6-7-14(19(21)16(12)11-15)10-13-4-3-5-17(23-2)18(13)20/h3-5,8-11H,6-7H2,1-2H3. The van der Waals surface area contributed by atoms with Crippen LogP contribution in [0.15, 0.2) is 42.0 Å². The summed E-state index contributed by atoms with van der Waals surface area (Å²) in [5, 5.41) is 0.520. The zero-order valence-electron chi connectivity index (χ0n) is 13.1. The summed E-state index contributed by atoms with van der Waals surface area (Å²) in [4.78, 5) is 12.8. The minimum absolute atomic E-state index is 0.0315. The normalized spacial score (nSPS) is 15.4. The zero-order chi connectivity index (χ0) is 16.4. The van der Waals surface area contributed by atoms with E-state index in [0.717, 1.165) is 23.1 Å². The third kappa shape index (κ3) is 2.97. The average molecular weight is 329 g/mol. The molecule has 0 N–H and O–H groups in total. The number of ketones is 1. The van der Waals surface area contributed by atoms with E-state index in [-0.39, 0.29) is 5.78 Å². The summed E-state index contributed by atoms with van der Waals surface area (Å²) in [6.45, 7) is 0. The third-order valence-electron chi connectivity index (χ3n) is 4.06. The number of ether oxygens (including phenoxy) is 2. The lowest BCUT2D eigenvalue weighted by Crippen LogP contribution is -2.14. The van der Waals surface area contributed by atoms with Gasteiger partial charge in [0, 0.05) is 11.1 Å². The molecular weight excluding hydrogens is 312 g/mol. The third-order valence-corrected chi connectivity index (χ3v) is 4.46. The molecule has 1 aliphatic carbocycles. The van der Waals surface area contributed by atoms with Crippen molar-refractivity contribution in [1.29, 1.82) is 0 Å². The van der Waals surface area contributed by atoms with E-state index in [4.69, 9.17) is 21.1 Å².